The molecule has 1 heterocycles. The van der Waals surface area contributed by atoms with Gasteiger partial charge in [0.05, 0.1) is 0 Å². The van der Waals surface area contributed by atoms with Crippen LogP contribution in [0.4, 0.5) is 0 Å². The fraction of sp³-hybridized carbons (Fsp3) is 0.167. The van der Waals surface area contributed by atoms with E-state index in [-0.39, 0.29) is 6.54 Å². The van der Waals surface area contributed by atoms with E-state index in [4.69, 9.17) is 5.73 Å². The Bertz CT molecular complexity index is 651. The van der Waals surface area contributed by atoms with Crippen LogP contribution in [0.2, 0.25) is 0 Å². The molecule has 0 atom stereocenters. The molecule has 0 unspecified atom stereocenters. The minimum atomic E-state index is -3.46. The highest BCUT2D eigenvalue weighted by molar-refractivity contribution is 9.10. The number of nitrogens with one attached hydrogen (secondary N) is 1. The molecule has 0 radical (unpaired) electrons. The van der Waals surface area contributed by atoms with Crippen LogP contribution in [0.15, 0.2) is 44.4 Å². The SMILES string of the molecule is NCc1csc(S(=O)(=O)NCc2ccc(Br)cc2)c1. The van der Waals surface area contributed by atoms with Gasteiger partial charge in [-0.2, -0.15) is 0 Å². The van der Waals surface area contributed by atoms with Crippen molar-refractivity contribution >= 4 is 37.3 Å². The molecular weight excluding hydrogens is 348 g/mol. The van der Waals surface area contributed by atoms with Crippen molar-refractivity contribution in [2.24, 2.45) is 5.73 Å². The lowest BCUT2D eigenvalue weighted by Crippen LogP contribution is -2.22. The predicted molar refractivity (Wildman–Crippen MR) is 80.4 cm³/mol. The van der Waals surface area contributed by atoms with Gasteiger partial charge in [-0.1, -0.05) is 28.1 Å². The summed E-state index contributed by atoms with van der Waals surface area (Å²) in [5.41, 5.74) is 7.21. The van der Waals surface area contributed by atoms with E-state index in [1.807, 2.05) is 24.3 Å². The summed E-state index contributed by atoms with van der Waals surface area (Å²) in [7, 11) is -3.46. The number of benzene rings is 1. The van der Waals surface area contributed by atoms with Crippen molar-refractivity contribution in [1.82, 2.24) is 4.72 Å². The number of rotatable bonds is 5. The maximum atomic E-state index is 12.1. The Hall–Kier alpha value is -0.730. The van der Waals surface area contributed by atoms with Gasteiger partial charge in [0.1, 0.15) is 4.21 Å². The summed E-state index contributed by atoms with van der Waals surface area (Å²) in [5.74, 6) is 0. The van der Waals surface area contributed by atoms with E-state index in [9.17, 15) is 8.42 Å². The van der Waals surface area contributed by atoms with Gasteiger partial charge in [0.25, 0.3) is 0 Å². The van der Waals surface area contributed by atoms with Crippen LogP contribution in [-0.4, -0.2) is 8.42 Å². The number of thiophene rings is 1. The second-order valence-corrected chi connectivity index (χ2v) is 7.75. The van der Waals surface area contributed by atoms with Crippen LogP contribution in [0.3, 0.4) is 0 Å². The molecule has 0 saturated carbocycles. The van der Waals surface area contributed by atoms with E-state index < -0.39 is 10.0 Å². The molecule has 19 heavy (non-hydrogen) atoms. The summed E-state index contributed by atoms with van der Waals surface area (Å²) < 4.78 is 27.9. The number of hydrogen-bond acceptors (Lipinski definition) is 4. The molecule has 0 aliphatic rings. The second kappa shape index (κ2) is 6.15. The first kappa shape index (κ1) is 14.7. The molecule has 2 aromatic rings. The summed E-state index contributed by atoms with van der Waals surface area (Å²) in [6.45, 7) is 0.615. The Labute approximate surface area is 124 Å². The molecule has 3 N–H and O–H groups in total. The summed E-state index contributed by atoms with van der Waals surface area (Å²) in [5, 5.41) is 1.76. The summed E-state index contributed by atoms with van der Waals surface area (Å²) >= 11 is 4.52. The average Bonchev–Trinajstić information content (AvgIpc) is 2.88. The van der Waals surface area contributed by atoms with Gasteiger partial charge in [0, 0.05) is 17.6 Å². The summed E-state index contributed by atoms with van der Waals surface area (Å²) in [4.78, 5) is 0. The summed E-state index contributed by atoms with van der Waals surface area (Å²) in [6, 6.07) is 9.09. The quantitative estimate of drug-likeness (QED) is 0.859. The molecule has 4 nitrogen and oxygen atoms in total. The predicted octanol–water partition coefficient (Wildman–Crippen LogP) is 2.45. The van der Waals surface area contributed by atoms with E-state index in [1.165, 1.54) is 11.3 Å². The smallest absolute Gasteiger partial charge is 0.250 e. The second-order valence-electron chi connectivity index (χ2n) is 3.93. The number of halogens is 1. The number of hydrogen-bond donors (Lipinski definition) is 2. The maximum absolute atomic E-state index is 12.1. The monoisotopic (exact) mass is 360 g/mol. The van der Waals surface area contributed by atoms with E-state index in [2.05, 4.69) is 20.7 Å². The Kier molecular flexibility index (Phi) is 4.75. The van der Waals surface area contributed by atoms with E-state index in [1.54, 1.807) is 11.4 Å². The maximum Gasteiger partial charge on any atom is 0.250 e. The first-order valence-corrected chi connectivity index (χ1v) is 8.68. The molecule has 2 rings (SSSR count). The molecule has 1 aromatic heterocycles. The van der Waals surface area contributed by atoms with Crippen LogP contribution in [-0.2, 0) is 23.1 Å². The van der Waals surface area contributed by atoms with Gasteiger partial charge in [-0.05, 0) is 34.7 Å². The standard InChI is InChI=1S/C12H13BrN2O2S2/c13-11-3-1-9(2-4-11)7-15-19(16,17)12-5-10(6-14)8-18-12/h1-5,8,15H,6-7,14H2. The Balaban J connectivity index is 2.07. The van der Waals surface area contributed by atoms with Crippen LogP contribution in [0, 0.1) is 0 Å². The lowest BCUT2D eigenvalue weighted by molar-refractivity contribution is 0.583. The van der Waals surface area contributed by atoms with E-state index >= 15 is 0 Å². The van der Waals surface area contributed by atoms with Crippen LogP contribution >= 0.6 is 27.3 Å². The van der Waals surface area contributed by atoms with Crippen molar-refractivity contribution in [1.29, 1.82) is 0 Å². The topological polar surface area (TPSA) is 72.2 Å². The van der Waals surface area contributed by atoms with Gasteiger partial charge >= 0.3 is 0 Å². The third-order valence-corrected chi connectivity index (χ3v) is 5.93. The van der Waals surface area contributed by atoms with Crippen LogP contribution < -0.4 is 10.5 Å². The van der Waals surface area contributed by atoms with Crippen molar-refractivity contribution in [2.75, 3.05) is 0 Å². The van der Waals surface area contributed by atoms with E-state index in [0.717, 1.165) is 15.6 Å². The highest BCUT2D eigenvalue weighted by Crippen LogP contribution is 2.20. The van der Waals surface area contributed by atoms with Crippen LogP contribution in [0.1, 0.15) is 11.1 Å². The van der Waals surface area contributed by atoms with Crippen molar-refractivity contribution in [3.8, 4) is 0 Å². The Morgan fingerprint density at radius 1 is 1.21 bits per heavy atom. The lowest BCUT2D eigenvalue weighted by atomic mass is 10.2. The molecule has 7 heteroatoms. The van der Waals surface area contributed by atoms with Crippen molar-refractivity contribution in [2.45, 2.75) is 17.3 Å². The van der Waals surface area contributed by atoms with Gasteiger partial charge in [-0.3, -0.25) is 0 Å². The highest BCUT2D eigenvalue weighted by atomic mass is 79.9. The molecule has 0 amide bonds. The number of sulfonamides is 1. The molecule has 0 spiro atoms. The van der Waals surface area contributed by atoms with Crippen molar-refractivity contribution in [3.63, 3.8) is 0 Å². The third kappa shape index (κ3) is 3.87. The van der Waals surface area contributed by atoms with Gasteiger partial charge < -0.3 is 5.73 Å². The van der Waals surface area contributed by atoms with Crippen molar-refractivity contribution < 1.29 is 8.42 Å². The van der Waals surface area contributed by atoms with Crippen molar-refractivity contribution in [3.05, 3.63) is 51.3 Å². The zero-order valence-corrected chi connectivity index (χ0v) is 13.2. The molecule has 102 valence electrons. The average molecular weight is 361 g/mol. The fourth-order valence-electron chi connectivity index (χ4n) is 1.45. The molecule has 0 aliphatic carbocycles. The number of nitrogens with two attached hydrogens (primary N) is 1. The zero-order valence-electron chi connectivity index (χ0n) is 9.97. The summed E-state index contributed by atoms with van der Waals surface area (Å²) in [6.07, 6.45) is 0. The first-order valence-electron chi connectivity index (χ1n) is 5.53. The van der Waals surface area contributed by atoms with Crippen LogP contribution in [0.25, 0.3) is 0 Å². The van der Waals surface area contributed by atoms with Gasteiger partial charge in [0.2, 0.25) is 10.0 Å². The van der Waals surface area contributed by atoms with Crippen LogP contribution in [0.5, 0.6) is 0 Å². The van der Waals surface area contributed by atoms with Gasteiger partial charge in [-0.15, -0.1) is 11.3 Å². The zero-order chi connectivity index (χ0) is 13.9. The Morgan fingerprint density at radius 3 is 2.47 bits per heavy atom. The lowest BCUT2D eigenvalue weighted by Gasteiger charge is -2.05. The van der Waals surface area contributed by atoms with E-state index in [0.29, 0.717) is 10.8 Å². The Morgan fingerprint density at radius 2 is 1.89 bits per heavy atom. The fourth-order valence-corrected chi connectivity index (χ4v) is 4.00. The largest absolute Gasteiger partial charge is 0.326 e. The molecule has 1 aromatic carbocycles. The normalized spacial score (nSPS) is 11.7. The minimum absolute atomic E-state index is 0.269. The molecule has 0 saturated heterocycles. The third-order valence-electron chi connectivity index (χ3n) is 2.51. The van der Waals surface area contributed by atoms with Gasteiger partial charge in [0.15, 0.2) is 0 Å². The minimum Gasteiger partial charge on any atom is -0.326 e. The van der Waals surface area contributed by atoms with Gasteiger partial charge in [-0.25, -0.2) is 13.1 Å². The first-order chi connectivity index (χ1) is 9.01. The molecule has 0 bridgehead atoms. The molecular formula is C12H13BrN2O2S2. The molecule has 0 aliphatic heterocycles. The molecule has 0 fully saturated rings. The highest BCUT2D eigenvalue weighted by Gasteiger charge is 2.16.